The Morgan fingerprint density at radius 1 is 1.00 bits per heavy atom. The second-order valence-corrected chi connectivity index (χ2v) is 8.68. The van der Waals surface area contributed by atoms with Crippen LogP contribution in [0.3, 0.4) is 0 Å². The number of benzene rings is 2. The van der Waals surface area contributed by atoms with Crippen LogP contribution >= 0.6 is 11.6 Å². The molecule has 168 valence electrons. The molecular formula is C24H27ClN4O3. The molecule has 32 heavy (non-hydrogen) atoms. The molecule has 2 aromatic carbocycles. The third kappa shape index (κ3) is 6.85. The number of carbonyl (C=O) groups is 2. The van der Waals surface area contributed by atoms with E-state index in [-0.39, 0.29) is 18.9 Å². The molecule has 0 saturated carbocycles. The Hall–Kier alpha value is -3.32. The van der Waals surface area contributed by atoms with Crippen LogP contribution in [0.1, 0.15) is 26.3 Å². The molecule has 0 aliphatic heterocycles. The zero-order valence-electron chi connectivity index (χ0n) is 18.4. The van der Waals surface area contributed by atoms with Gasteiger partial charge in [0.15, 0.2) is 0 Å². The fourth-order valence-corrected chi connectivity index (χ4v) is 3.14. The number of ether oxygens (including phenoxy) is 1. The van der Waals surface area contributed by atoms with E-state index in [2.05, 4.69) is 10.6 Å². The predicted molar refractivity (Wildman–Crippen MR) is 125 cm³/mol. The number of para-hydroxylation sites is 1. The van der Waals surface area contributed by atoms with Crippen molar-refractivity contribution in [3.05, 3.63) is 71.4 Å². The number of hydrogen-bond acceptors (Lipinski definition) is 4. The first-order valence-corrected chi connectivity index (χ1v) is 10.7. The van der Waals surface area contributed by atoms with E-state index in [4.69, 9.17) is 21.4 Å². The van der Waals surface area contributed by atoms with Crippen LogP contribution in [0.2, 0.25) is 5.02 Å². The van der Waals surface area contributed by atoms with Gasteiger partial charge in [-0.2, -0.15) is 5.10 Å². The molecule has 2 N–H and O–H groups in total. The summed E-state index contributed by atoms with van der Waals surface area (Å²) in [4.78, 5) is 24.2. The van der Waals surface area contributed by atoms with Gasteiger partial charge in [-0.15, -0.1) is 0 Å². The van der Waals surface area contributed by atoms with E-state index in [0.29, 0.717) is 17.3 Å². The minimum Gasteiger partial charge on any atom is -0.444 e. The van der Waals surface area contributed by atoms with Gasteiger partial charge in [0.2, 0.25) is 5.91 Å². The van der Waals surface area contributed by atoms with E-state index in [1.165, 1.54) is 0 Å². The molecule has 3 rings (SSSR count). The highest BCUT2D eigenvalue weighted by Gasteiger charge is 2.17. The smallest absolute Gasteiger partial charge is 0.407 e. The van der Waals surface area contributed by atoms with Crippen LogP contribution in [0, 0.1) is 0 Å². The average molecular weight is 455 g/mol. The molecule has 7 nitrogen and oxygen atoms in total. The largest absolute Gasteiger partial charge is 0.444 e. The maximum atomic E-state index is 12.6. The lowest BCUT2D eigenvalue weighted by Crippen LogP contribution is -2.38. The van der Waals surface area contributed by atoms with Gasteiger partial charge in [0.1, 0.15) is 5.60 Å². The van der Waals surface area contributed by atoms with Crippen LogP contribution in [-0.2, 0) is 16.0 Å². The lowest BCUT2D eigenvalue weighted by atomic mass is 10.1. The Morgan fingerprint density at radius 2 is 1.66 bits per heavy atom. The van der Waals surface area contributed by atoms with Crippen LogP contribution in [0.4, 0.5) is 4.79 Å². The van der Waals surface area contributed by atoms with Crippen molar-refractivity contribution in [3.63, 3.8) is 0 Å². The normalized spacial score (nSPS) is 11.1. The van der Waals surface area contributed by atoms with E-state index < -0.39 is 11.7 Å². The number of alkyl carbamates (subject to hydrolysis) is 1. The highest BCUT2D eigenvalue weighted by molar-refractivity contribution is 6.30. The minimum atomic E-state index is -0.565. The first-order valence-electron chi connectivity index (χ1n) is 10.3. The van der Waals surface area contributed by atoms with Gasteiger partial charge in [0.05, 0.1) is 17.8 Å². The van der Waals surface area contributed by atoms with Gasteiger partial charge in [0, 0.05) is 35.4 Å². The van der Waals surface area contributed by atoms with Gasteiger partial charge in [-0.05, 0) is 45.0 Å². The Balaban J connectivity index is 1.67. The number of halogens is 1. The number of nitrogens with one attached hydrogen (secondary N) is 2. The molecule has 1 heterocycles. The van der Waals surface area contributed by atoms with Crippen molar-refractivity contribution < 1.29 is 14.3 Å². The van der Waals surface area contributed by atoms with E-state index in [0.717, 1.165) is 16.8 Å². The molecule has 2 amide bonds. The standard InChI is InChI=1S/C24H27ClN4O3/c1-24(2,3)32-23(31)27-14-13-26-21(30)15-18-16-29(20-7-5-4-6-8-20)28-22(18)17-9-11-19(25)12-10-17/h4-12,16H,13-15H2,1-3H3,(H,26,30)(H,27,31). The van der Waals surface area contributed by atoms with Crippen molar-refractivity contribution in [1.82, 2.24) is 20.4 Å². The van der Waals surface area contributed by atoms with Crippen molar-refractivity contribution in [2.45, 2.75) is 32.8 Å². The van der Waals surface area contributed by atoms with E-state index in [1.807, 2.05) is 48.7 Å². The monoisotopic (exact) mass is 454 g/mol. The topological polar surface area (TPSA) is 85.3 Å². The first kappa shape index (κ1) is 23.3. The average Bonchev–Trinajstić information content (AvgIpc) is 3.15. The summed E-state index contributed by atoms with van der Waals surface area (Å²) in [6, 6.07) is 17.1. The molecule has 0 unspecified atom stereocenters. The number of rotatable bonds is 7. The second-order valence-electron chi connectivity index (χ2n) is 8.25. The van der Waals surface area contributed by atoms with Gasteiger partial charge >= 0.3 is 6.09 Å². The molecule has 0 radical (unpaired) electrons. The molecular weight excluding hydrogens is 428 g/mol. The van der Waals surface area contributed by atoms with Crippen molar-refractivity contribution in [2.24, 2.45) is 0 Å². The SMILES string of the molecule is CC(C)(C)OC(=O)NCCNC(=O)Cc1cn(-c2ccccc2)nc1-c1ccc(Cl)cc1. The molecule has 0 bridgehead atoms. The Kier molecular flexibility index (Phi) is 7.53. The highest BCUT2D eigenvalue weighted by Crippen LogP contribution is 2.25. The lowest BCUT2D eigenvalue weighted by molar-refractivity contribution is -0.120. The van der Waals surface area contributed by atoms with Crippen LogP contribution in [-0.4, -0.2) is 40.5 Å². The first-order chi connectivity index (χ1) is 15.2. The van der Waals surface area contributed by atoms with Crippen molar-refractivity contribution in [3.8, 4) is 16.9 Å². The maximum Gasteiger partial charge on any atom is 0.407 e. The predicted octanol–water partition coefficient (Wildman–Crippen LogP) is 4.38. The Morgan fingerprint density at radius 3 is 2.31 bits per heavy atom. The van der Waals surface area contributed by atoms with Gasteiger partial charge in [-0.1, -0.05) is 41.9 Å². The Labute approximate surface area is 192 Å². The molecule has 0 aliphatic carbocycles. The fourth-order valence-electron chi connectivity index (χ4n) is 3.02. The van der Waals surface area contributed by atoms with Crippen molar-refractivity contribution >= 4 is 23.6 Å². The summed E-state index contributed by atoms with van der Waals surface area (Å²) >= 11 is 6.02. The Bertz CT molecular complexity index is 1060. The van der Waals surface area contributed by atoms with Crippen molar-refractivity contribution in [1.29, 1.82) is 0 Å². The number of hydrogen-bond donors (Lipinski definition) is 2. The quantitative estimate of drug-likeness (QED) is 0.519. The summed E-state index contributed by atoms with van der Waals surface area (Å²) in [6.07, 6.45) is 1.50. The van der Waals surface area contributed by atoms with Crippen LogP contribution in [0.15, 0.2) is 60.8 Å². The van der Waals surface area contributed by atoms with Crippen LogP contribution in [0.5, 0.6) is 0 Å². The molecule has 0 aliphatic rings. The second kappa shape index (κ2) is 10.3. The minimum absolute atomic E-state index is 0.150. The third-order valence-electron chi connectivity index (χ3n) is 4.39. The molecule has 0 spiro atoms. The van der Waals surface area contributed by atoms with Gasteiger partial charge in [-0.25, -0.2) is 9.48 Å². The zero-order valence-corrected chi connectivity index (χ0v) is 19.1. The molecule has 3 aromatic rings. The summed E-state index contributed by atoms with van der Waals surface area (Å²) in [5.74, 6) is -0.168. The third-order valence-corrected chi connectivity index (χ3v) is 4.65. The lowest BCUT2D eigenvalue weighted by Gasteiger charge is -2.19. The summed E-state index contributed by atoms with van der Waals surface area (Å²) in [6.45, 7) is 5.95. The molecule has 0 fully saturated rings. The number of nitrogens with zero attached hydrogens (tertiary/aromatic N) is 2. The summed E-state index contributed by atoms with van der Waals surface area (Å²) < 4.78 is 6.94. The van der Waals surface area contributed by atoms with E-state index in [1.54, 1.807) is 37.6 Å². The van der Waals surface area contributed by atoms with E-state index in [9.17, 15) is 9.59 Å². The number of aromatic nitrogens is 2. The fraction of sp³-hybridized carbons (Fsp3) is 0.292. The van der Waals surface area contributed by atoms with Crippen LogP contribution < -0.4 is 10.6 Å². The molecule has 0 saturated heterocycles. The zero-order chi connectivity index (χ0) is 23.1. The summed E-state index contributed by atoms with van der Waals surface area (Å²) in [7, 11) is 0. The summed E-state index contributed by atoms with van der Waals surface area (Å²) in [5, 5.41) is 10.8. The molecule has 1 aromatic heterocycles. The van der Waals surface area contributed by atoms with Gasteiger partial charge in [-0.3, -0.25) is 4.79 Å². The molecule has 8 heteroatoms. The van der Waals surface area contributed by atoms with Gasteiger partial charge in [0.25, 0.3) is 0 Å². The molecule has 0 atom stereocenters. The number of carbonyl (C=O) groups excluding carboxylic acids is 2. The highest BCUT2D eigenvalue weighted by atomic mass is 35.5. The van der Waals surface area contributed by atoms with Crippen LogP contribution in [0.25, 0.3) is 16.9 Å². The van der Waals surface area contributed by atoms with Crippen molar-refractivity contribution in [2.75, 3.05) is 13.1 Å². The summed E-state index contributed by atoms with van der Waals surface area (Å²) in [5.41, 5.74) is 2.71. The van der Waals surface area contributed by atoms with E-state index >= 15 is 0 Å². The van der Waals surface area contributed by atoms with Gasteiger partial charge < -0.3 is 15.4 Å². The maximum absolute atomic E-state index is 12.6. The number of amides is 2.